The molecule has 0 atom stereocenters. The second kappa shape index (κ2) is 9.26. The summed E-state index contributed by atoms with van der Waals surface area (Å²) in [7, 11) is 0. The largest absolute Gasteiger partial charge is 0.466 e. The SMILES string of the molecule is CCOC(=O)Cc1ccc(NC(=O)c2cc(-c3ccc(C(C)(C)C)cc3)cs2)cc1. The van der Waals surface area contributed by atoms with Crippen LogP contribution in [-0.4, -0.2) is 18.5 Å². The van der Waals surface area contributed by atoms with E-state index in [1.165, 1.54) is 16.9 Å². The van der Waals surface area contributed by atoms with Gasteiger partial charge in [0.05, 0.1) is 17.9 Å². The summed E-state index contributed by atoms with van der Waals surface area (Å²) < 4.78 is 4.95. The van der Waals surface area contributed by atoms with E-state index in [0.717, 1.165) is 16.7 Å². The summed E-state index contributed by atoms with van der Waals surface area (Å²) in [5.74, 6) is -0.397. The molecule has 1 N–H and O–H groups in total. The van der Waals surface area contributed by atoms with E-state index in [1.54, 1.807) is 19.1 Å². The van der Waals surface area contributed by atoms with E-state index in [9.17, 15) is 9.59 Å². The van der Waals surface area contributed by atoms with Crippen LogP contribution in [-0.2, 0) is 21.4 Å². The second-order valence-corrected chi connectivity index (χ2v) is 9.07. The van der Waals surface area contributed by atoms with Gasteiger partial charge in [-0.2, -0.15) is 0 Å². The van der Waals surface area contributed by atoms with Crippen LogP contribution in [0.4, 0.5) is 5.69 Å². The van der Waals surface area contributed by atoms with Crippen LogP contribution in [0.3, 0.4) is 0 Å². The Balaban J connectivity index is 1.64. The number of benzene rings is 2. The Bertz CT molecular complexity index is 1010. The fourth-order valence-corrected chi connectivity index (χ4v) is 3.86. The van der Waals surface area contributed by atoms with E-state index in [4.69, 9.17) is 4.74 Å². The normalized spacial score (nSPS) is 11.2. The lowest BCUT2D eigenvalue weighted by Crippen LogP contribution is -2.11. The van der Waals surface area contributed by atoms with Crippen molar-refractivity contribution in [3.8, 4) is 11.1 Å². The first-order valence-electron chi connectivity index (χ1n) is 10.0. The maximum absolute atomic E-state index is 12.6. The molecule has 2 aromatic carbocycles. The average molecular weight is 422 g/mol. The highest BCUT2D eigenvalue weighted by molar-refractivity contribution is 7.12. The van der Waals surface area contributed by atoms with Gasteiger partial charge < -0.3 is 10.1 Å². The number of thiophene rings is 1. The highest BCUT2D eigenvalue weighted by Gasteiger charge is 2.14. The number of carbonyl (C=O) groups is 2. The lowest BCUT2D eigenvalue weighted by atomic mass is 9.86. The maximum atomic E-state index is 12.6. The molecule has 0 aliphatic heterocycles. The van der Waals surface area contributed by atoms with Gasteiger partial charge in [0.1, 0.15) is 0 Å². The van der Waals surface area contributed by atoms with E-state index in [2.05, 4.69) is 50.4 Å². The number of ether oxygens (including phenoxy) is 1. The van der Waals surface area contributed by atoms with Gasteiger partial charge in [-0.15, -0.1) is 11.3 Å². The zero-order chi connectivity index (χ0) is 21.7. The van der Waals surface area contributed by atoms with Crippen LogP contribution in [0.1, 0.15) is 48.5 Å². The predicted molar refractivity (Wildman–Crippen MR) is 123 cm³/mol. The average Bonchev–Trinajstić information content (AvgIpc) is 3.19. The standard InChI is InChI=1S/C25H27NO3S/c1-5-29-23(27)14-17-6-12-21(13-7-17)26-24(28)22-15-19(16-30-22)18-8-10-20(11-9-18)25(2,3)4/h6-13,15-16H,5,14H2,1-4H3,(H,26,28). The number of anilines is 1. The third kappa shape index (κ3) is 5.57. The summed E-state index contributed by atoms with van der Waals surface area (Å²) in [6.45, 7) is 8.74. The van der Waals surface area contributed by atoms with Crippen molar-refractivity contribution in [3.05, 3.63) is 76.0 Å². The monoisotopic (exact) mass is 421 g/mol. The molecule has 4 nitrogen and oxygen atoms in total. The molecule has 0 radical (unpaired) electrons. The zero-order valence-electron chi connectivity index (χ0n) is 17.8. The van der Waals surface area contributed by atoms with Gasteiger partial charge in [0.25, 0.3) is 5.91 Å². The van der Waals surface area contributed by atoms with Gasteiger partial charge >= 0.3 is 5.97 Å². The maximum Gasteiger partial charge on any atom is 0.310 e. The van der Waals surface area contributed by atoms with Crippen LogP contribution >= 0.6 is 11.3 Å². The fraction of sp³-hybridized carbons (Fsp3) is 0.280. The molecular formula is C25H27NO3S. The topological polar surface area (TPSA) is 55.4 Å². The quantitative estimate of drug-likeness (QED) is 0.491. The van der Waals surface area contributed by atoms with Gasteiger partial charge in [0.15, 0.2) is 0 Å². The zero-order valence-corrected chi connectivity index (χ0v) is 18.6. The molecule has 1 aromatic heterocycles. The van der Waals surface area contributed by atoms with E-state index in [-0.39, 0.29) is 23.7 Å². The van der Waals surface area contributed by atoms with Crippen LogP contribution in [0.2, 0.25) is 0 Å². The highest BCUT2D eigenvalue weighted by Crippen LogP contribution is 2.29. The van der Waals surface area contributed by atoms with Gasteiger partial charge in [0.2, 0.25) is 0 Å². The molecule has 0 aliphatic rings. The van der Waals surface area contributed by atoms with Crippen molar-refractivity contribution in [2.45, 2.75) is 39.5 Å². The molecule has 0 aliphatic carbocycles. The Morgan fingerprint density at radius 1 is 0.967 bits per heavy atom. The molecule has 0 unspecified atom stereocenters. The number of esters is 1. The van der Waals surface area contributed by atoms with Crippen LogP contribution < -0.4 is 5.32 Å². The lowest BCUT2D eigenvalue weighted by molar-refractivity contribution is -0.142. The van der Waals surface area contributed by atoms with E-state index >= 15 is 0 Å². The van der Waals surface area contributed by atoms with Gasteiger partial charge in [0, 0.05) is 5.69 Å². The molecule has 0 saturated heterocycles. The Labute approximate surface area is 181 Å². The van der Waals surface area contributed by atoms with Crippen LogP contribution in [0, 0.1) is 0 Å². The first-order valence-corrected chi connectivity index (χ1v) is 10.9. The van der Waals surface area contributed by atoms with Crippen molar-refractivity contribution < 1.29 is 14.3 Å². The summed E-state index contributed by atoms with van der Waals surface area (Å²) in [6, 6.07) is 17.7. The summed E-state index contributed by atoms with van der Waals surface area (Å²) in [4.78, 5) is 24.8. The minimum absolute atomic E-state index is 0.115. The van der Waals surface area contributed by atoms with Crippen molar-refractivity contribution >= 4 is 28.9 Å². The Morgan fingerprint density at radius 3 is 2.23 bits per heavy atom. The summed E-state index contributed by atoms with van der Waals surface area (Å²) in [5, 5.41) is 4.92. The van der Waals surface area contributed by atoms with Gasteiger partial charge in [-0.05, 0) is 58.2 Å². The number of amides is 1. The minimum Gasteiger partial charge on any atom is -0.466 e. The van der Waals surface area contributed by atoms with Gasteiger partial charge in [-0.1, -0.05) is 57.2 Å². The molecule has 3 aromatic rings. The van der Waals surface area contributed by atoms with E-state index in [0.29, 0.717) is 17.2 Å². The minimum atomic E-state index is -0.254. The second-order valence-electron chi connectivity index (χ2n) is 8.16. The number of nitrogens with one attached hydrogen (secondary N) is 1. The molecule has 1 heterocycles. The Kier molecular flexibility index (Phi) is 6.73. The molecule has 1 amide bonds. The molecule has 3 rings (SSSR count). The third-order valence-electron chi connectivity index (χ3n) is 4.77. The smallest absolute Gasteiger partial charge is 0.310 e. The van der Waals surface area contributed by atoms with Crippen molar-refractivity contribution in [2.75, 3.05) is 11.9 Å². The van der Waals surface area contributed by atoms with Crippen molar-refractivity contribution in [2.24, 2.45) is 0 Å². The first-order chi connectivity index (χ1) is 14.3. The third-order valence-corrected chi connectivity index (χ3v) is 5.70. The molecule has 30 heavy (non-hydrogen) atoms. The van der Waals surface area contributed by atoms with Gasteiger partial charge in [-0.25, -0.2) is 0 Å². The molecule has 5 heteroatoms. The molecular weight excluding hydrogens is 394 g/mol. The molecule has 0 bridgehead atoms. The summed E-state index contributed by atoms with van der Waals surface area (Å²) in [5.41, 5.74) is 5.08. The number of hydrogen-bond acceptors (Lipinski definition) is 4. The van der Waals surface area contributed by atoms with E-state index < -0.39 is 0 Å². The lowest BCUT2D eigenvalue weighted by Gasteiger charge is -2.19. The van der Waals surface area contributed by atoms with Crippen molar-refractivity contribution in [1.29, 1.82) is 0 Å². The van der Waals surface area contributed by atoms with Crippen LogP contribution in [0.15, 0.2) is 60.0 Å². The highest BCUT2D eigenvalue weighted by atomic mass is 32.1. The van der Waals surface area contributed by atoms with Crippen LogP contribution in [0.5, 0.6) is 0 Å². The van der Waals surface area contributed by atoms with Gasteiger partial charge in [-0.3, -0.25) is 9.59 Å². The number of rotatable bonds is 6. The van der Waals surface area contributed by atoms with Crippen molar-refractivity contribution in [3.63, 3.8) is 0 Å². The Morgan fingerprint density at radius 2 is 1.63 bits per heavy atom. The van der Waals surface area contributed by atoms with Crippen LogP contribution in [0.25, 0.3) is 11.1 Å². The fourth-order valence-electron chi connectivity index (χ4n) is 3.05. The van der Waals surface area contributed by atoms with E-state index in [1.807, 2.05) is 23.6 Å². The molecule has 0 fully saturated rings. The summed E-state index contributed by atoms with van der Waals surface area (Å²) >= 11 is 1.43. The molecule has 156 valence electrons. The Hall–Kier alpha value is -2.92. The molecule has 0 saturated carbocycles. The summed E-state index contributed by atoms with van der Waals surface area (Å²) in [6.07, 6.45) is 0.227. The number of carbonyl (C=O) groups excluding carboxylic acids is 2. The molecule has 0 spiro atoms. The number of hydrogen-bond donors (Lipinski definition) is 1. The predicted octanol–water partition coefficient (Wildman–Crippen LogP) is 6.07. The van der Waals surface area contributed by atoms with Crippen molar-refractivity contribution in [1.82, 2.24) is 0 Å². The first kappa shape index (κ1) is 21.8.